The normalized spacial score (nSPS) is 20.2. The lowest BCUT2D eigenvalue weighted by molar-refractivity contribution is -0.138. The van der Waals surface area contributed by atoms with Crippen molar-refractivity contribution in [3.05, 3.63) is 29.6 Å². The number of aliphatic carboxylic acids is 1. The highest BCUT2D eigenvalue weighted by Crippen LogP contribution is 2.33. The average molecular weight is 248 g/mol. The highest BCUT2D eigenvalue weighted by molar-refractivity contribution is 5.72. The summed E-state index contributed by atoms with van der Waals surface area (Å²) in [6.45, 7) is 0. The van der Waals surface area contributed by atoms with Crippen LogP contribution in [0.2, 0.25) is 0 Å². The summed E-state index contributed by atoms with van der Waals surface area (Å²) in [5.41, 5.74) is 8.08. The van der Waals surface area contributed by atoms with Crippen molar-refractivity contribution in [1.82, 2.24) is 4.98 Å². The van der Waals surface area contributed by atoms with Crippen LogP contribution in [0.15, 0.2) is 18.3 Å². The van der Waals surface area contributed by atoms with Gasteiger partial charge in [-0.25, -0.2) is 0 Å². The molecular formula is C14H20N2O2. The fraction of sp³-hybridized carbons (Fsp3) is 0.571. The van der Waals surface area contributed by atoms with Crippen molar-refractivity contribution in [1.29, 1.82) is 0 Å². The predicted octanol–water partition coefficient (Wildman–Crippen LogP) is 2.08. The molecule has 1 aliphatic rings. The van der Waals surface area contributed by atoms with E-state index in [9.17, 15) is 4.79 Å². The first-order valence-corrected chi connectivity index (χ1v) is 6.60. The molecule has 0 fully saturated rings. The van der Waals surface area contributed by atoms with Crippen molar-refractivity contribution in [2.24, 2.45) is 5.73 Å². The smallest absolute Gasteiger partial charge is 0.320 e. The van der Waals surface area contributed by atoms with Gasteiger partial charge in [0.15, 0.2) is 0 Å². The third-order valence-corrected chi connectivity index (χ3v) is 3.70. The lowest BCUT2D eigenvalue weighted by Crippen LogP contribution is -2.29. The zero-order valence-corrected chi connectivity index (χ0v) is 10.5. The quantitative estimate of drug-likeness (QED) is 0.836. The van der Waals surface area contributed by atoms with E-state index in [1.54, 1.807) is 0 Å². The van der Waals surface area contributed by atoms with Crippen molar-refractivity contribution in [3.8, 4) is 0 Å². The molecule has 18 heavy (non-hydrogen) atoms. The van der Waals surface area contributed by atoms with Gasteiger partial charge >= 0.3 is 5.97 Å². The highest BCUT2D eigenvalue weighted by atomic mass is 16.4. The number of aryl methyl sites for hydroxylation is 1. The molecule has 0 aliphatic heterocycles. The summed E-state index contributed by atoms with van der Waals surface area (Å²) in [4.78, 5) is 15.1. The summed E-state index contributed by atoms with van der Waals surface area (Å²) in [6, 6.07) is 3.41. The molecule has 0 saturated heterocycles. The number of nitrogens with zero attached hydrogens (tertiary/aromatic N) is 1. The molecule has 1 aromatic rings. The third kappa shape index (κ3) is 3.07. The highest BCUT2D eigenvalue weighted by Gasteiger charge is 2.21. The molecule has 1 heterocycles. The molecule has 4 nitrogen and oxygen atoms in total. The molecular weight excluding hydrogens is 228 g/mol. The van der Waals surface area contributed by atoms with E-state index in [-0.39, 0.29) is 0 Å². The number of nitrogens with two attached hydrogens (primary N) is 1. The standard InChI is InChI=1S/C14H20N2O2/c15-12(14(17)18)8-2-6-10-4-1-5-11-7-3-9-16-13(10)11/h3,7,9-10,12H,1-2,4-6,8,15H2,(H,17,18). The summed E-state index contributed by atoms with van der Waals surface area (Å²) in [5, 5.41) is 8.74. The molecule has 3 N–H and O–H groups in total. The van der Waals surface area contributed by atoms with Crippen LogP contribution in [0.3, 0.4) is 0 Å². The number of carbonyl (C=O) groups is 1. The molecule has 0 aromatic carbocycles. The van der Waals surface area contributed by atoms with Crippen LogP contribution in [0.1, 0.15) is 49.3 Å². The van der Waals surface area contributed by atoms with Crippen LogP contribution in [0.5, 0.6) is 0 Å². The maximum Gasteiger partial charge on any atom is 0.320 e. The minimum Gasteiger partial charge on any atom is -0.480 e. The number of hydrogen-bond acceptors (Lipinski definition) is 3. The van der Waals surface area contributed by atoms with Crippen molar-refractivity contribution in [3.63, 3.8) is 0 Å². The fourth-order valence-electron chi connectivity index (χ4n) is 2.69. The molecule has 0 saturated carbocycles. The number of aromatic nitrogens is 1. The van der Waals surface area contributed by atoms with E-state index in [4.69, 9.17) is 10.8 Å². The van der Waals surface area contributed by atoms with E-state index in [2.05, 4.69) is 11.1 Å². The predicted molar refractivity (Wildman–Crippen MR) is 69.4 cm³/mol. The molecule has 1 aromatic heterocycles. The van der Waals surface area contributed by atoms with Gasteiger partial charge in [0.25, 0.3) is 0 Å². The second-order valence-corrected chi connectivity index (χ2v) is 5.01. The maximum atomic E-state index is 10.6. The van der Waals surface area contributed by atoms with Crippen LogP contribution >= 0.6 is 0 Å². The maximum absolute atomic E-state index is 10.6. The number of pyridine rings is 1. The number of hydrogen-bond donors (Lipinski definition) is 2. The van der Waals surface area contributed by atoms with Crippen molar-refractivity contribution >= 4 is 5.97 Å². The van der Waals surface area contributed by atoms with Gasteiger partial charge in [0.2, 0.25) is 0 Å². The van der Waals surface area contributed by atoms with E-state index in [1.807, 2.05) is 12.3 Å². The summed E-state index contributed by atoms with van der Waals surface area (Å²) in [6.07, 6.45) is 7.72. The fourth-order valence-corrected chi connectivity index (χ4v) is 2.69. The Morgan fingerprint density at radius 2 is 2.44 bits per heavy atom. The van der Waals surface area contributed by atoms with Crippen LogP contribution in [-0.2, 0) is 11.2 Å². The Morgan fingerprint density at radius 3 is 3.22 bits per heavy atom. The van der Waals surface area contributed by atoms with Crippen molar-refractivity contribution < 1.29 is 9.90 Å². The summed E-state index contributed by atoms with van der Waals surface area (Å²) in [7, 11) is 0. The molecule has 2 unspecified atom stereocenters. The van der Waals surface area contributed by atoms with Crippen molar-refractivity contribution in [2.45, 2.75) is 50.5 Å². The largest absolute Gasteiger partial charge is 0.480 e. The second-order valence-electron chi connectivity index (χ2n) is 5.01. The molecule has 2 atom stereocenters. The molecule has 0 radical (unpaired) electrons. The van der Waals surface area contributed by atoms with Gasteiger partial charge in [0.1, 0.15) is 6.04 Å². The summed E-state index contributed by atoms with van der Waals surface area (Å²) < 4.78 is 0. The Labute approximate surface area is 107 Å². The molecule has 4 heteroatoms. The van der Waals surface area contributed by atoms with Gasteiger partial charge in [-0.15, -0.1) is 0 Å². The van der Waals surface area contributed by atoms with Gasteiger partial charge in [0.05, 0.1) is 0 Å². The summed E-state index contributed by atoms with van der Waals surface area (Å²) in [5.74, 6) is -0.423. The lowest BCUT2D eigenvalue weighted by atomic mass is 9.83. The van der Waals surface area contributed by atoms with Crippen LogP contribution in [-0.4, -0.2) is 22.1 Å². The topological polar surface area (TPSA) is 76.2 Å². The minimum absolute atomic E-state index is 0.482. The van der Waals surface area contributed by atoms with Gasteiger partial charge in [0, 0.05) is 17.8 Å². The van der Waals surface area contributed by atoms with Gasteiger partial charge in [-0.2, -0.15) is 0 Å². The van der Waals surface area contributed by atoms with E-state index in [0.717, 1.165) is 25.7 Å². The first-order valence-electron chi connectivity index (χ1n) is 6.60. The van der Waals surface area contributed by atoms with Gasteiger partial charge in [-0.3, -0.25) is 9.78 Å². The van der Waals surface area contributed by atoms with Crippen LogP contribution in [0.4, 0.5) is 0 Å². The van der Waals surface area contributed by atoms with E-state index in [0.29, 0.717) is 12.3 Å². The van der Waals surface area contributed by atoms with Crippen molar-refractivity contribution in [2.75, 3.05) is 0 Å². The SMILES string of the molecule is NC(CCCC1CCCc2cccnc21)C(=O)O. The zero-order valence-electron chi connectivity index (χ0n) is 10.5. The Balaban J connectivity index is 1.90. The van der Waals surface area contributed by atoms with Gasteiger partial charge in [-0.05, 0) is 43.7 Å². The molecule has 1 aliphatic carbocycles. The first kappa shape index (κ1) is 13.0. The van der Waals surface area contributed by atoms with Gasteiger partial charge in [-0.1, -0.05) is 12.5 Å². The summed E-state index contributed by atoms with van der Waals surface area (Å²) >= 11 is 0. The zero-order chi connectivity index (χ0) is 13.0. The number of fused-ring (bicyclic) bond motifs is 1. The van der Waals surface area contributed by atoms with Crippen LogP contribution in [0.25, 0.3) is 0 Å². The third-order valence-electron chi connectivity index (χ3n) is 3.70. The van der Waals surface area contributed by atoms with Gasteiger partial charge < -0.3 is 10.8 Å². The number of carboxylic acid groups (broad SMARTS) is 1. The molecule has 2 rings (SSSR count). The number of rotatable bonds is 5. The Kier molecular flexibility index (Phi) is 4.31. The average Bonchev–Trinajstić information content (AvgIpc) is 2.38. The second kappa shape index (κ2) is 5.96. The molecule has 0 spiro atoms. The Bertz CT molecular complexity index is 420. The monoisotopic (exact) mass is 248 g/mol. The molecule has 0 bridgehead atoms. The van der Waals surface area contributed by atoms with Crippen LogP contribution < -0.4 is 5.73 Å². The van der Waals surface area contributed by atoms with Crippen LogP contribution in [0, 0.1) is 0 Å². The minimum atomic E-state index is -0.905. The molecule has 0 amide bonds. The van der Waals surface area contributed by atoms with E-state index >= 15 is 0 Å². The first-order chi connectivity index (χ1) is 8.68. The van der Waals surface area contributed by atoms with E-state index in [1.165, 1.54) is 17.7 Å². The molecule has 98 valence electrons. The Hall–Kier alpha value is -1.42. The number of carboxylic acids is 1. The van der Waals surface area contributed by atoms with E-state index < -0.39 is 12.0 Å². The lowest BCUT2D eigenvalue weighted by Gasteiger charge is -2.24. The Morgan fingerprint density at radius 1 is 1.61 bits per heavy atom.